The van der Waals surface area contributed by atoms with Gasteiger partial charge in [-0.3, -0.25) is 4.79 Å². The van der Waals surface area contributed by atoms with Gasteiger partial charge in [-0.05, 0) is 19.1 Å². The first-order valence-corrected chi connectivity index (χ1v) is 5.53. The normalized spacial score (nSPS) is 12.6. The molecule has 0 saturated heterocycles. The number of carboxylic acid groups (broad SMARTS) is 1. The number of hydrogen-bond acceptors (Lipinski definition) is 4. The lowest BCUT2D eigenvalue weighted by Crippen LogP contribution is -2.26. The van der Waals surface area contributed by atoms with Gasteiger partial charge in [0.2, 0.25) is 0 Å². The van der Waals surface area contributed by atoms with Crippen molar-refractivity contribution in [3.63, 3.8) is 0 Å². The first kappa shape index (κ1) is 13.1. The van der Waals surface area contributed by atoms with E-state index in [0.29, 0.717) is 10.9 Å². The highest BCUT2D eigenvalue weighted by molar-refractivity contribution is 5.90. The Bertz CT molecular complexity index is 619. The summed E-state index contributed by atoms with van der Waals surface area (Å²) in [6.45, 7) is 1.40. The molecule has 0 aliphatic carbocycles. The number of rotatable bonds is 4. The topological polar surface area (TPSA) is 75.1 Å². The number of hydrogen-bond donors (Lipinski definition) is 2. The first-order valence-electron chi connectivity index (χ1n) is 5.53. The quantitative estimate of drug-likeness (QED) is 0.890. The summed E-state index contributed by atoms with van der Waals surface area (Å²) in [5.41, 5.74) is 0.341. The molecule has 0 aliphatic rings. The Morgan fingerprint density at radius 1 is 1.32 bits per heavy atom. The Morgan fingerprint density at radius 3 is 2.63 bits per heavy atom. The highest BCUT2D eigenvalue weighted by atomic mass is 19.3. The SMILES string of the molecule is CC(Nc1nc(C(F)F)nc2ccccc12)C(=O)O. The van der Waals surface area contributed by atoms with Crippen molar-refractivity contribution in [2.24, 2.45) is 0 Å². The van der Waals surface area contributed by atoms with Crippen molar-refractivity contribution in [2.75, 3.05) is 5.32 Å². The van der Waals surface area contributed by atoms with E-state index in [0.717, 1.165) is 0 Å². The smallest absolute Gasteiger partial charge is 0.325 e. The van der Waals surface area contributed by atoms with Crippen molar-refractivity contribution >= 4 is 22.7 Å². The van der Waals surface area contributed by atoms with Crippen LogP contribution in [-0.4, -0.2) is 27.1 Å². The number of aromatic nitrogens is 2. The van der Waals surface area contributed by atoms with Crippen LogP contribution in [0.3, 0.4) is 0 Å². The zero-order valence-corrected chi connectivity index (χ0v) is 9.97. The maximum atomic E-state index is 12.7. The van der Waals surface area contributed by atoms with Gasteiger partial charge in [-0.2, -0.15) is 0 Å². The van der Waals surface area contributed by atoms with Crippen LogP contribution in [0.2, 0.25) is 0 Å². The Hall–Kier alpha value is -2.31. The van der Waals surface area contributed by atoms with Crippen LogP contribution in [0.5, 0.6) is 0 Å². The molecule has 5 nitrogen and oxygen atoms in total. The van der Waals surface area contributed by atoms with E-state index in [1.54, 1.807) is 24.3 Å². The predicted molar refractivity (Wildman–Crippen MR) is 65.2 cm³/mol. The highest BCUT2D eigenvalue weighted by Crippen LogP contribution is 2.24. The summed E-state index contributed by atoms with van der Waals surface area (Å²) < 4.78 is 25.4. The molecule has 2 rings (SSSR count). The molecule has 0 saturated carbocycles. The van der Waals surface area contributed by atoms with E-state index >= 15 is 0 Å². The minimum Gasteiger partial charge on any atom is -0.480 e. The molecule has 1 heterocycles. The maximum Gasteiger partial charge on any atom is 0.325 e. The standard InChI is InChI=1S/C12H11F2N3O2/c1-6(12(18)19)15-10-7-4-2-3-5-8(7)16-11(17-10)9(13)14/h2-6,9H,1H3,(H,18,19)(H,15,16,17). The molecule has 0 radical (unpaired) electrons. The van der Waals surface area contributed by atoms with E-state index in [1.807, 2.05) is 0 Å². The fourth-order valence-corrected chi connectivity index (χ4v) is 1.57. The Balaban J connectivity index is 2.53. The third kappa shape index (κ3) is 2.75. The summed E-state index contributed by atoms with van der Waals surface area (Å²) in [6.07, 6.45) is -2.81. The zero-order chi connectivity index (χ0) is 14.0. The van der Waals surface area contributed by atoms with E-state index in [4.69, 9.17) is 5.11 Å². The summed E-state index contributed by atoms with van der Waals surface area (Å²) >= 11 is 0. The van der Waals surface area contributed by atoms with Crippen LogP contribution >= 0.6 is 0 Å². The summed E-state index contributed by atoms with van der Waals surface area (Å²) in [4.78, 5) is 18.2. The number of carboxylic acids is 1. The molecule has 0 aliphatic heterocycles. The third-order valence-electron chi connectivity index (χ3n) is 2.54. The third-order valence-corrected chi connectivity index (χ3v) is 2.54. The number of aliphatic carboxylic acids is 1. The van der Waals surface area contributed by atoms with Crippen LogP contribution in [0.15, 0.2) is 24.3 Å². The monoisotopic (exact) mass is 267 g/mol. The summed E-state index contributed by atoms with van der Waals surface area (Å²) in [5, 5.41) is 11.9. The Kier molecular flexibility index (Phi) is 3.55. The minimum absolute atomic E-state index is 0.0933. The van der Waals surface area contributed by atoms with E-state index in [-0.39, 0.29) is 5.82 Å². The zero-order valence-electron chi connectivity index (χ0n) is 9.97. The fourth-order valence-electron chi connectivity index (χ4n) is 1.57. The number of fused-ring (bicyclic) bond motifs is 1. The van der Waals surface area contributed by atoms with Gasteiger partial charge in [0, 0.05) is 5.39 Å². The second kappa shape index (κ2) is 5.13. The molecule has 0 fully saturated rings. The lowest BCUT2D eigenvalue weighted by Gasteiger charge is -2.13. The molecule has 0 amide bonds. The molecule has 19 heavy (non-hydrogen) atoms. The molecule has 1 atom stereocenters. The molecular formula is C12H11F2N3O2. The van der Waals surface area contributed by atoms with Gasteiger partial charge in [0.15, 0.2) is 5.82 Å². The average molecular weight is 267 g/mol. The number of nitrogens with zero attached hydrogens (tertiary/aromatic N) is 2. The van der Waals surface area contributed by atoms with Crippen LogP contribution < -0.4 is 5.32 Å². The highest BCUT2D eigenvalue weighted by Gasteiger charge is 2.18. The molecule has 100 valence electrons. The van der Waals surface area contributed by atoms with Crippen LogP contribution in [-0.2, 0) is 4.79 Å². The predicted octanol–water partition coefficient (Wildman–Crippen LogP) is 2.45. The van der Waals surface area contributed by atoms with Crippen molar-refractivity contribution in [2.45, 2.75) is 19.4 Å². The lowest BCUT2D eigenvalue weighted by atomic mass is 10.2. The van der Waals surface area contributed by atoms with Gasteiger partial charge in [-0.15, -0.1) is 0 Å². The average Bonchev–Trinajstić information content (AvgIpc) is 2.38. The van der Waals surface area contributed by atoms with Gasteiger partial charge >= 0.3 is 5.97 Å². The van der Waals surface area contributed by atoms with Gasteiger partial charge in [-0.25, -0.2) is 18.7 Å². The minimum atomic E-state index is -2.81. The number of anilines is 1. The van der Waals surface area contributed by atoms with Gasteiger partial charge in [0.05, 0.1) is 5.52 Å². The second-order valence-corrected chi connectivity index (χ2v) is 3.95. The van der Waals surface area contributed by atoms with Crippen LogP contribution in [0.25, 0.3) is 10.9 Å². The number of benzene rings is 1. The summed E-state index contributed by atoms with van der Waals surface area (Å²) in [7, 11) is 0. The van der Waals surface area contributed by atoms with Gasteiger partial charge in [-0.1, -0.05) is 12.1 Å². The molecule has 2 N–H and O–H groups in total. The van der Waals surface area contributed by atoms with Crippen molar-refractivity contribution in [3.8, 4) is 0 Å². The molecule has 0 bridgehead atoms. The number of para-hydroxylation sites is 1. The first-order chi connectivity index (χ1) is 8.99. The molecule has 1 unspecified atom stereocenters. The Labute approximate surface area is 107 Å². The van der Waals surface area contributed by atoms with Crippen LogP contribution in [0.4, 0.5) is 14.6 Å². The molecule has 1 aromatic carbocycles. The largest absolute Gasteiger partial charge is 0.480 e. The Morgan fingerprint density at radius 2 is 2.00 bits per heavy atom. The van der Waals surface area contributed by atoms with Crippen LogP contribution in [0.1, 0.15) is 19.2 Å². The van der Waals surface area contributed by atoms with Gasteiger partial charge < -0.3 is 10.4 Å². The van der Waals surface area contributed by atoms with Gasteiger partial charge in [0.1, 0.15) is 11.9 Å². The van der Waals surface area contributed by atoms with Crippen molar-refractivity contribution < 1.29 is 18.7 Å². The number of halogens is 2. The second-order valence-electron chi connectivity index (χ2n) is 3.95. The summed E-state index contributed by atoms with van der Waals surface area (Å²) in [6, 6.07) is 5.63. The van der Waals surface area contributed by atoms with E-state index < -0.39 is 24.3 Å². The fraction of sp³-hybridized carbons (Fsp3) is 0.250. The maximum absolute atomic E-state index is 12.7. The molecule has 7 heteroatoms. The van der Waals surface area contributed by atoms with E-state index in [9.17, 15) is 13.6 Å². The lowest BCUT2D eigenvalue weighted by molar-refractivity contribution is -0.137. The van der Waals surface area contributed by atoms with Crippen molar-refractivity contribution in [1.82, 2.24) is 9.97 Å². The number of carbonyl (C=O) groups is 1. The van der Waals surface area contributed by atoms with Gasteiger partial charge in [0.25, 0.3) is 6.43 Å². The summed E-state index contributed by atoms with van der Waals surface area (Å²) in [5.74, 6) is -1.63. The number of alkyl halides is 2. The van der Waals surface area contributed by atoms with Crippen molar-refractivity contribution in [3.05, 3.63) is 30.1 Å². The number of nitrogens with one attached hydrogen (secondary N) is 1. The van der Waals surface area contributed by atoms with Crippen molar-refractivity contribution in [1.29, 1.82) is 0 Å². The molecule has 2 aromatic rings. The molecular weight excluding hydrogens is 256 g/mol. The van der Waals surface area contributed by atoms with E-state index in [2.05, 4.69) is 15.3 Å². The van der Waals surface area contributed by atoms with Crippen LogP contribution in [0, 0.1) is 0 Å². The molecule has 1 aromatic heterocycles. The molecule has 0 spiro atoms. The van der Waals surface area contributed by atoms with E-state index in [1.165, 1.54) is 6.92 Å².